The normalized spacial score (nSPS) is 22.1. The average molecular weight is 228 g/mol. The van der Waals surface area contributed by atoms with Crippen LogP contribution in [0.4, 0.5) is 0 Å². The zero-order chi connectivity index (χ0) is 12.1. The first kappa shape index (κ1) is 13.0. The van der Waals surface area contributed by atoms with Gasteiger partial charge in [-0.1, -0.05) is 0 Å². The Morgan fingerprint density at radius 1 is 1.56 bits per heavy atom. The van der Waals surface area contributed by atoms with Crippen molar-refractivity contribution in [3.05, 3.63) is 0 Å². The second-order valence-electron chi connectivity index (χ2n) is 4.61. The first-order chi connectivity index (χ1) is 7.49. The Morgan fingerprint density at radius 2 is 2.25 bits per heavy atom. The Bertz CT molecular complexity index is 266. The van der Waals surface area contributed by atoms with E-state index in [-0.39, 0.29) is 18.4 Å². The molecule has 0 radical (unpaired) electrons. The number of carbonyl (C=O) groups excluding carboxylic acids is 1. The molecule has 2 unspecified atom stereocenters. The molecule has 0 saturated carbocycles. The first-order valence-electron chi connectivity index (χ1n) is 5.74. The number of amides is 1. The van der Waals surface area contributed by atoms with Crippen molar-refractivity contribution in [1.82, 2.24) is 4.90 Å². The lowest BCUT2D eigenvalue weighted by molar-refractivity contribution is -0.137. The molecule has 0 aromatic carbocycles. The quantitative estimate of drug-likeness (QED) is 0.715. The highest BCUT2D eigenvalue weighted by atomic mass is 16.4. The molecule has 0 aliphatic carbocycles. The molecular weight excluding hydrogens is 208 g/mol. The van der Waals surface area contributed by atoms with Gasteiger partial charge in [-0.2, -0.15) is 0 Å². The maximum absolute atomic E-state index is 11.7. The molecule has 1 amide bonds. The molecule has 0 spiro atoms. The van der Waals surface area contributed by atoms with Crippen LogP contribution in [-0.2, 0) is 9.59 Å². The van der Waals surface area contributed by atoms with Crippen molar-refractivity contribution in [1.29, 1.82) is 0 Å². The third-order valence-electron chi connectivity index (χ3n) is 2.90. The highest BCUT2D eigenvalue weighted by Gasteiger charge is 2.26. The summed E-state index contributed by atoms with van der Waals surface area (Å²) in [6, 6.07) is -0.106. The number of hydrogen-bond acceptors (Lipinski definition) is 3. The topological polar surface area (TPSA) is 83.6 Å². The maximum Gasteiger partial charge on any atom is 0.303 e. The van der Waals surface area contributed by atoms with Crippen molar-refractivity contribution in [2.75, 3.05) is 13.1 Å². The van der Waals surface area contributed by atoms with E-state index < -0.39 is 5.97 Å². The van der Waals surface area contributed by atoms with E-state index in [1.165, 1.54) is 0 Å². The third-order valence-corrected chi connectivity index (χ3v) is 2.90. The Morgan fingerprint density at radius 3 is 2.81 bits per heavy atom. The molecule has 92 valence electrons. The van der Waals surface area contributed by atoms with E-state index in [1.807, 2.05) is 6.92 Å². The predicted molar refractivity (Wildman–Crippen MR) is 59.8 cm³/mol. The molecule has 0 aromatic rings. The van der Waals surface area contributed by atoms with E-state index >= 15 is 0 Å². The lowest BCUT2D eigenvalue weighted by Crippen LogP contribution is -2.33. The summed E-state index contributed by atoms with van der Waals surface area (Å²) in [7, 11) is 0. The van der Waals surface area contributed by atoms with Crippen molar-refractivity contribution in [2.45, 2.75) is 38.6 Å². The van der Waals surface area contributed by atoms with Gasteiger partial charge in [0.2, 0.25) is 5.91 Å². The van der Waals surface area contributed by atoms with Gasteiger partial charge in [0.05, 0.1) is 0 Å². The summed E-state index contributed by atoms with van der Waals surface area (Å²) >= 11 is 0. The number of nitrogens with two attached hydrogens (primary N) is 1. The minimum atomic E-state index is -0.764. The standard InChI is InChI=1S/C11H20N2O3/c1-8(12)6-10(14)13-5-4-9(7-13)2-3-11(15)16/h8-9H,2-7,12H2,1H3,(H,15,16). The fourth-order valence-corrected chi connectivity index (χ4v) is 2.03. The van der Waals surface area contributed by atoms with Crippen LogP contribution in [0.5, 0.6) is 0 Å². The van der Waals surface area contributed by atoms with Gasteiger partial charge in [-0.05, 0) is 25.7 Å². The fourth-order valence-electron chi connectivity index (χ4n) is 2.03. The minimum absolute atomic E-state index is 0.0906. The summed E-state index contributed by atoms with van der Waals surface area (Å²) in [5.74, 6) is -0.332. The van der Waals surface area contributed by atoms with E-state index in [1.54, 1.807) is 4.90 Å². The van der Waals surface area contributed by atoms with Crippen LogP contribution in [0, 0.1) is 5.92 Å². The molecule has 1 heterocycles. The van der Waals surface area contributed by atoms with Crippen LogP contribution in [0.2, 0.25) is 0 Å². The number of rotatable bonds is 5. The van der Waals surface area contributed by atoms with Crippen LogP contribution in [0.1, 0.15) is 32.6 Å². The number of hydrogen-bond donors (Lipinski definition) is 2. The molecule has 1 aliphatic rings. The van der Waals surface area contributed by atoms with Crippen LogP contribution in [-0.4, -0.2) is 41.0 Å². The van der Waals surface area contributed by atoms with Crippen molar-refractivity contribution < 1.29 is 14.7 Å². The Labute approximate surface area is 95.6 Å². The lowest BCUT2D eigenvalue weighted by Gasteiger charge is -2.17. The zero-order valence-electron chi connectivity index (χ0n) is 9.69. The van der Waals surface area contributed by atoms with Gasteiger partial charge in [0.1, 0.15) is 0 Å². The number of likely N-dealkylation sites (tertiary alicyclic amines) is 1. The SMILES string of the molecule is CC(N)CC(=O)N1CCC(CCC(=O)O)C1. The minimum Gasteiger partial charge on any atom is -0.481 e. The van der Waals surface area contributed by atoms with E-state index in [0.717, 1.165) is 13.0 Å². The van der Waals surface area contributed by atoms with Crippen molar-refractivity contribution in [2.24, 2.45) is 11.7 Å². The van der Waals surface area contributed by atoms with E-state index in [4.69, 9.17) is 10.8 Å². The monoisotopic (exact) mass is 228 g/mol. The average Bonchev–Trinajstić information content (AvgIpc) is 2.61. The van der Waals surface area contributed by atoms with Crippen LogP contribution >= 0.6 is 0 Å². The first-order valence-corrected chi connectivity index (χ1v) is 5.74. The summed E-state index contributed by atoms with van der Waals surface area (Å²) in [6.45, 7) is 3.25. The summed E-state index contributed by atoms with van der Waals surface area (Å²) in [6.07, 6.45) is 2.15. The Kier molecular flexibility index (Phi) is 4.73. The number of carbonyl (C=O) groups is 2. The van der Waals surface area contributed by atoms with Gasteiger partial charge in [-0.25, -0.2) is 0 Å². The Hall–Kier alpha value is -1.10. The Balaban J connectivity index is 2.29. The lowest BCUT2D eigenvalue weighted by atomic mass is 10.0. The van der Waals surface area contributed by atoms with Crippen molar-refractivity contribution >= 4 is 11.9 Å². The van der Waals surface area contributed by atoms with Crippen LogP contribution in [0.25, 0.3) is 0 Å². The van der Waals surface area contributed by atoms with E-state index in [2.05, 4.69) is 0 Å². The van der Waals surface area contributed by atoms with Gasteiger partial charge in [0.25, 0.3) is 0 Å². The molecule has 5 nitrogen and oxygen atoms in total. The fraction of sp³-hybridized carbons (Fsp3) is 0.818. The molecule has 0 aromatic heterocycles. The summed E-state index contributed by atoms with van der Waals surface area (Å²) in [5, 5.41) is 8.57. The summed E-state index contributed by atoms with van der Waals surface area (Å²) in [4.78, 5) is 23.9. The van der Waals surface area contributed by atoms with Gasteiger partial charge < -0.3 is 15.7 Å². The summed E-state index contributed by atoms with van der Waals surface area (Å²) < 4.78 is 0. The zero-order valence-corrected chi connectivity index (χ0v) is 9.69. The second-order valence-corrected chi connectivity index (χ2v) is 4.61. The van der Waals surface area contributed by atoms with Crippen LogP contribution in [0.3, 0.4) is 0 Å². The smallest absolute Gasteiger partial charge is 0.303 e. The van der Waals surface area contributed by atoms with Crippen molar-refractivity contribution in [3.63, 3.8) is 0 Å². The molecule has 1 rings (SSSR count). The molecule has 5 heteroatoms. The van der Waals surface area contributed by atoms with E-state index in [0.29, 0.717) is 25.3 Å². The largest absolute Gasteiger partial charge is 0.481 e. The number of aliphatic carboxylic acids is 1. The van der Waals surface area contributed by atoms with Gasteiger partial charge in [0.15, 0.2) is 0 Å². The molecule has 0 bridgehead atoms. The molecule has 1 fully saturated rings. The third kappa shape index (κ3) is 4.18. The highest BCUT2D eigenvalue weighted by molar-refractivity contribution is 5.77. The van der Waals surface area contributed by atoms with Crippen LogP contribution < -0.4 is 5.73 Å². The molecule has 3 N–H and O–H groups in total. The van der Waals surface area contributed by atoms with Gasteiger partial charge >= 0.3 is 5.97 Å². The number of carboxylic acid groups (broad SMARTS) is 1. The number of nitrogens with zero attached hydrogens (tertiary/aromatic N) is 1. The maximum atomic E-state index is 11.7. The number of carboxylic acids is 1. The van der Waals surface area contributed by atoms with Gasteiger partial charge in [-0.3, -0.25) is 9.59 Å². The highest BCUT2D eigenvalue weighted by Crippen LogP contribution is 2.21. The molecule has 2 atom stereocenters. The second kappa shape index (κ2) is 5.84. The summed E-state index contributed by atoms with van der Waals surface area (Å²) in [5.41, 5.74) is 5.57. The predicted octanol–water partition coefficient (Wildman–Crippen LogP) is 0.437. The van der Waals surface area contributed by atoms with Gasteiger partial charge in [-0.15, -0.1) is 0 Å². The van der Waals surface area contributed by atoms with Gasteiger partial charge in [0, 0.05) is 32.0 Å². The molecule has 1 saturated heterocycles. The van der Waals surface area contributed by atoms with Crippen LogP contribution in [0.15, 0.2) is 0 Å². The molecule has 1 aliphatic heterocycles. The van der Waals surface area contributed by atoms with E-state index in [9.17, 15) is 9.59 Å². The van der Waals surface area contributed by atoms with Crippen molar-refractivity contribution in [3.8, 4) is 0 Å². The molecular formula is C11H20N2O3. The molecule has 16 heavy (non-hydrogen) atoms.